The van der Waals surface area contributed by atoms with Crippen molar-refractivity contribution in [2.24, 2.45) is 0 Å². The number of oxazole rings is 1. The molecule has 20 heavy (non-hydrogen) atoms. The van der Waals surface area contributed by atoms with Crippen molar-refractivity contribution in [2.45, 2.75) is 19.4 Å². The van der Waals surface area contributed by atoms with E-state index in [4.69, 9.17) is 4.42 Å². The van der Waals surface area contributed by atoms with Crippen molar-refractivity contribution in [3.05, 3.63) is 59.2 Å². The lowest BCUT2D eigenvalue weighted by atomic mass is 10.1. The molecular weight excluding hydrogens is 268 g/mol. The van der Waals surface area contributed by atoms with Gasteiger partial charge in [0.05, 0.1) is 12.2 Å². The van der Waals surface area contributed by atoms with Crippen LogP contribution in [0.2, 0.25) is 0 Å². The molecule has 1 unspecified atom stereocenters. The molecule has 0 aliphatic carbocycles. The number of nitrogens with one attached hydrogen (secondary N) is 1. The van der Waals surface area contributed by atoms with Crippen molar-refractivity contribution in [1.29, 1.82) is 0 Å². The van der Waals surface area contributed by atoms with Gasteiger partial charge in [0, 0.05) is 16.1 Å². The number of benzene rings is 1. The summed E-state index contributed by atoms with van der Waals surface area (Å²) in [6, 6.07) is 12.8. The van der Waals surface area contributed by atoms with E-state index in [1.807, 2.05) is 12.1 Å². The Morgan fingerprint density at radius 1 is 1.30 bits per heavy atom. The lowest BCUT2D eigenvalue weighted by molar-refractivity contribution is 0.572. The van der Waals surface area contributed by atoms with Crippen molar-refractivity contribution < 1.29 is 4.42 Å². The fourth-order valence-electron chi connectivity index (χ4n) is 2.19. The van der Waals surface area contributed by atoms with Crippen LogP contribution in [0.15, 0.2) is 58.8 Å². The Bertz CT molecular complexity index is 647. The number of nitrogens with zero attached hydrogens (tertiary/aromatic N) is 1. The lowest BCUT2D eigenvalue weighted by Crippen LogP contribution is -2.07. The highest BCUT2D eigenvalue weighted by molar-refractivity contribution is 7.10. The third-order valence-electron chi connectivity index (χ3n) is 3.22. The van der Waals surface area contributed by atoms with E-state index in [0.29, 0.717) is 6.04 Å². The molecule has 3 aromatic rings. The van der Waals surface area contributed by atoms with Gasteiger partial charge in [-0.2, -0.15) is 0 Å². The summed E-state index contributed by atoms with van der Waals surface area (Å²) in [5.74, 6) is 0.790. The van der Waals surface area contributed by atoms with E-state index in [1.165, 1.54) is 11.3 Å². The molecular formula is C16H16N2OS. The van der Waals surface area contributed by atoms with Crippen LogP contribution in [0.1, 0.15) is 24.3 Å². The Balaban J connectivity index is 1.82. The summed E-state index contributed by atoms with van der Waals surface area (Å²) in [5.41, 5.74) is 2.13. The van der Waals surface area contributed by atoms with Crippen molar-refractivity contribution in [3.8, 4) is 11.3 Å². The zero-order chi connectivity index (χ0) is 13.8. The van der Waals surface area contributed by atoms with Crippen LogP contribution in [0.4, 0.5) is 5.69 Å². The van der Waals surface area contributed by atoms with Crippen molar-refractivity contribution in [3.63, 3.8) is 0 Å². The Hall–Kier alpha value is -2.07. The second kappa shape index (κ2) is 5.92. The Labute approximate surface area is 122 Å². The van der Waals surface area contributed by atoms with Gasteiger partial charge in [0.1, 0.15) is 0 Å². The molecule has 0 saturated carbocycles. The minimum Gasteiger partial charge on any atom is -0.444 e. The summed E-state index contributed by atoms with van der Waals surface area (Å²) < 4.78 is 5.34. The quantitative estimate of drug-likeness (QED) is 0.719. The zero-order valence-electron chi connectivity index (χ0n) is 11.2. The van der Waals surface area contributed by atoms with Gasteiger partial charge in [-0.1, -0.05) is 25.1 Å². The molecule has 0 bridgehead atoms. The SMILES string of the molecule is CCC(Nc1cccc(-c2cnco2)c1)c1cccs1. The summed E-state index contributed by atoms with van der Waals surface area (Å²) in [6.45, 7) is 2.19. The first-order valence-corrected chi connectivity index (χ1v) is 7.53. The van der Waals surface area contributed by atoms with E-state index in [9.17, 15) is 0 Å². The van der Waals surface area contributed by atoms with Crippen LogP contribution < -0.4 is 5.32 Å². The molecule has 1 atom stereocenters. The summed E-state index contributed by atoms with van der Waals surface area (Å²) >= 11 is 1.79. The maximum atomic E-state index is 5.34. The second-order valence-corrected chi connectivity index (χ2v) is 5.55. The first-order valence-electron chi connectivity index (χ1n) is 6.65. The van der Waals surface area contributed by atoms with E-state index < -0.39 is 0 Å². The molecule has 3 rings (SSSR count). The molecule has 0 saturated heterocycles. The number of anilines is 1. The molecule has 0 spiro atoms. The minimum atomic E-state index is 0.347. The van der Waals surface area contributed by atoms with Crippen molar-refractivity contribution in [2.75, 3.05) is 5.32 Å². The smallest absolute Gasteiger partial charge is 0.181 e. The zero-order valence-corrected chi connectivity index (χ0v) is 12.1. The van der Waals surface area contributed by atoms with Crippen molar-refractivity contribution >= 4 is 17.0 Å². The van der Waals surface area contributed by atoms with Gasteiger partial charge in [-0.15, -0.1) is 11.3 Å². The Morgan fingerprint density at radius 3 is 2.95 bits per heavy atom. The van der Waals surface area contributed by atoms with Gasteiger partial charge in [-0.3, -0.25) is 0 Å². The van der Waals surface area contributed by atoms with Gasteiger partial charge in [-0.25, -0.2) is 4.98 Å². The third kappa shape index (κ3) is 2.75. The average molecular weight is 284 g/mol. The maximum absolute atomic E-state index is 5.34. The fraction of sp³-hybridized carbons (Fsp3) is 0.188. The predicted octanol–water partition coefficient (Wildman–Crippen LogP) is 4.97. The van der Waals surface area contributed by atoms with Gasteiger partial charge in [-0.05, 0) is 30.0 Å². The average Bonchev–Trinajstić information content (AvgIpc) is 3.17. The van der Waals surface area contributed by atoms with Crippen LogP contribution in [0.5, 0.6) is 0 Å². The molecule has 4 heteroatoms. The molecule has 2 aromatic heterocycles. The molecule has 3 nitrogen and oxygen atoms in total. The highest BCUT2D eigenvalue weighted by Gasteiger charge is 2.10. The molecule has 1 N–H and O–H groups in total. The van der Waals surface area contributed by atoms with Gasteiger partial charge >= 0.3 is 0 Å². The highest BCUT2D eigenvalue weighted by atomic mass is 32.1. The van der Waals surface area contributed by atoms with E-state index in [1.54, 1.807) is 17.5 Å². The van der Waals surface area contributed by atoms with Crippen LogP contribution in [0.3, 0.4) is 0 Å². The topological polar surface area (TPSA) is 38.1 Å². The molecule has 0 amide bonds. The predicted molar refractivity (Wildman–Crippen MR) is 82.9 cm³/mol. The van der Waals surface area contributed by atoms with E-state index in [-0.39, 0.29) is 0 Å². The number of aromatic nitrogens is 1. The fourth-order valence-corrected chi connectivity index (χ4v) is 3.05. The monoisotopic (exact) mass is 284 g/mol. The largest absolute Gasteiger partial charge is 0.444 e. The van der Waals surface area contributed by atoms with Crippen molar-refractivity contribution in [1.82, 2.24) is 4.98 Å². The standard InChI is InChI=1S/C16H16N2OS/c1-2-14(16-7-4-8-20-16)18-13-6-3-5-12(9-13)15-10-17-11-19-15/h3-11,14,18H,2H2,1H3. The van der Waals surface area contributed by atoms with E-state index in [2.05, 4.69) is 46.9 Å². The van der Waals surface area contributed by atoms with Crippen LogP contribution in [0.25, 0.3) is 11.3 Å². The summed E-state index contributed by atoms with van der Waals surface area (Å²) in [4.78, 5) is 5.32. The number of thiophene rings is 1. The summed E-state index contributed by atoms with van der Waals surface area (Å²) in [5, 5.41) is 5.70. The lowest BCUT2D eigenvalue weighted by Gasteiger charge is -2.17. The molecule has 0 radical (unpaired) electrons. The van der Waals surface area contributed by atoms with Crippen LogP contribution in [-0.4, -0.2) is 4.98 Å². The minimum absolute atomic E-state index is 0.347. The van der Waals surface area contributed by atoms with Crippen LogP contribution in [-0.2, 0) is 0 Å². The highest BCUT2D eigenvalue weighted by Crippen LogP contribution is 2.28. The van der Waals surface area contributed by atoms with Gasteiger partial charge < -0.3 is 9.73 Å². The first-order chi connectivity index (χ1) is 9.86. The number of rotatable bonds is 5. The van der Waals surface area contributed by atoms with Gasteiger partial charge in [0.2, 0.25) is 0 Å². The Morgan fingerprint density at radius 2 is 2.25 bits per heavy atom. The molecule has 102 valence electrons. The molecule has 2 heterocycles. The Kier molecular flexibility index (Phi) is 3.83. The van der Waals surface area contributed by atoms with Crippen LogP contribution in [0, 0.1) is 0 Å². The van der Waals surface area contributed by atoms with Gasteiger partial charge in [0.25, 0.3) is 0 Å². The summed E-state index contributed by atoms with van der Waals surface area (Å²) in [7, 11) is 0. The van der Waals surface area contributed by atoms with Crippen LogP contribution >= 0.6 is 11.3 Å². The van der Waals surface area contributed by atoms with E-state index >= 15 is 0 Å². The summed E-state index contributed by atoms with van der Waals surface area (Å²) in [6.07, 6.45) is 4.23. The molecule has 1 aromatic carbocycles. The normalized spacial score (nSPS) is 12.2. The molecule has 0 aliphatic heterocycles. The van der Waals surface area contributed by atoms with E-state index in [0.717, 1.165) is 23.4 Å². The maximum Gasteiger partial charge on any atom is 0.181 e. The third-order valence-corrected chi connectivity index (χ3v) is 4.20. The molecule has 0 aliphatic rings. The first kappa shape index (κ1) is 12.9. The molecule has 0 fully saturated rings. The van der Waals surface area contributed by atoms with Gasteiger partial charge in [0.15, 0.2) is 12.2 Å². The number of hydrogen-bond acceptors (Lipinski definition) is 4. The number of hydrogen-bond donors (Lipinski definition) is 1. The second-order valence-electron chi connectivity index (χ2n) is 4.57.